The summed E-state index contributed by atoms with van der Waals surface area (Å²) in [6, 6.07) is 0. The van der Waals surface area contributed by atoms with Crippen LogP contribution in [-0.4, -0.2) is 132 Å². The molecule has 0 aromatic heterocycles. The van der Waals surface area contributed by atoms with Crippen molar-refractivity contribution in [1.29, 1.82) is 0 Å². The molecule has 54 heavy (non-hydrogen) atoms. The van der Waals surface area contributed by atoms with Gasteiger partial charge in [-0.05, 0) is 98.7 Å². The molecule has 0 spiro atoms. The van der Waals surface area contributed by atoms with Crippen LogP contribution in [0.1, 0.15) is 107 Å². The predicted molar refractivity (Wildman–Crippen MR) is 193 cm³/mol. The Morgan fingerprint density at radius 2 is 1.35 bits per heavy atom. The minimum Gasteiger partial charge on any atom is -0.393 e. The summed E-state index contributed by atoms with van der Waals surface area (Å²) in [5, 5.41) is 87.5. The minimum atomic E-state index is -1.64. The zero-order chi connectivity index (χ0) is 39.9. The first-order chi connectivity index (χ1) is 24.8. The normalized spacial score (nSPS) is 57.4. The fraction of sp³-hybridized carbons (Fsp3) is 0.976. The summed E-state index contributed by atoms with van der Waals surface area (Å²) in [6.07, 6.45) is -9.67. The van der Waals surface area contributed by atoms with Gasteiger partial charge in [0, 0.05) is 23.7 Å². The molecule has 5 saturated carbocycles. The van der Waals surface area contributed by atoms with Gasteiger partial charge in [-0.2, -0.15) is 0 Å². The number of carbonyl (C=O) groups is 1. The lowest BCUT2D eigenvalue weighted by Crippen LogP contribution is -2.71. The number of Topliss-reactive ketones (excluding diaryl/α,β-unsaturated/α-hetero) is 1. The van der Waals surface area contributed by atoms with E-state index >= 15 is 0 Å². The molecule has 21 atom stereocenters. The fourth-order valence-electron chi connectivity index (χ4n) is 14.8. The number of ether oxygens (including phenoxy) is 4. The van der Waals surface area contributed by atoms with Gasteiger partial charge in [0.25, 0.3) is 0 Å². The van der Waals surface area contributed by atoms with E-state index in [0.717, 1.165) is 12.8 Å². The molecule has 0 bridgehead atoms. The van der Waals surface area contributed by atoms with Crippen molar-refractivity contribution in [2.24, 2.45) is 56.7 Å². The molecular formula is C41H68O13. The summed E-state index contributed by atoms with van der Waals surface area (Å²) in [5.74, 6) is -0.570. The number of carbonyl (C=O) groups excluding carboxylic acids is 1. The van der Waals surface area contributed by atoms with Crippen LogP contribution in [0.5, 0.6) is 0 Å². The van der Waals surface area contributed by atoms with Crippen LogP contribution in [0.2, 0.25) is 0 Å². The summed E-state index contributed by atoms with van der Waals surface area (Å²) in [6.45, 7) is 17.9. The summed E-state index contributed by atoms with van der Waals surface area (Å²) < 4.78 is 24.2. The minimum absolute atomic E-state index is 0.156. The van der Waals surface area contributed by atoms with Crippen molar-refractivity contribution in [3.63, 3.8) is 0 Å². The molecule has 0 amide bonds. The Labute approximate surface area is 319 Å². The average molecular weight is 769 g/mol. The Balaban J connectivity index is 1.14. The Morgan fingerprint density at radius 3 is 1.98 bits per heavy atom. The summed E-state index contributed by atoms with van der Waals surface area (Å²) >= 11 is 0. The molecule has 5 aliphatic carbocycles. The fourth-order valence-corrected chi connectivity index (χ4v) is 14.8. The van der Waals surface area contributed by atoms with Crippen LogP contribution < -0.4 is 0 Å². The van der Waals surface area contributed by atoms with E-state index < -0.39 is 101 Å². The Kier molecular flexibility index (Phi) is 10.2. The van der Waals surface area contributed by atoms with Gasteiger partial charge in [-0.1, -0.05) is 41.5 Å². The van der Waals surface area contributed by atoms with Crippen molar-refractivity contribution in [3.8, 4) is 0 Å². The third-order valence-electron chi connectivity index (χ3n) is 17.1. The number of rotatable bonds is 5. The number of hydrogen-bond acceptors (Lipinski definition) is 13. The van der Waals surface area contributed by atoms with E-state index in [2.05, 4.69) is 41.5 Å². The lowest BCUT2D eigenvalue weighted by atomic mass is 9.31. The van der Waals surface area contributed by atoms with Crippen molar-refractivity contribution in [2.75, 3.05) is 6.61 Å². The highest BCUT2D eigenvalue weighted by Gasteiger charge is 2.75. The first kappa shape index (κ1) is 41.4. The van der Waals surface area contributed by atoms with Crippen LogP contribution >= 0.6 is 0 Å². The van der Waals surface area contributed by atoms with E-state index in [9.17, 15) is 45.6 Å². The molecular weight excluding hydrogens is 700 g/mol. The molecule has 13 heteroatoms. The maximum absolute atomic E-state index is 14.9. The Bertz CT molecular complexity index is 1440. The highest BCUT2D eigenvalue weighted by molar-refractivity contribution is 5.85. The van der Waals surface area contributed by atoms with Crippen LogP contribution in [-0.2, 0) is 23.7 Å². The largest absolute Gasteiger partial charge is 0.393 e. The second kappa shape index (κ2) is 13.4. The summed E-state index contributed by atoms with van der Waals surface area (Å²) in [7, 11) is 0. The van der Waals surface area contributed by atoms with Gasteiger partial charge in [0.15, 0.2) is 12.6 Å². The zero-order valence-corrected chi connectivity index (χ0v) is 33.6. The summed E-state index contributed by atoms with van der Waals surface area (Å²) in [4.78, 5) is 14.9. The monoisotopic (exact) mass is 768 g/mol. The van der Waals surface area contributed by atoms with Crippen molar-refractivity contribution < 1.29 is 64.6 Å². The predicted octanol–water partition coefficient (Wildman–Crippen LogP) is 1.66. The smallest absolute Gasteiger partial charge is 0.187 e. The van der Waals surface area contributed by atoms with Crippen molar-refractivity contribution in [1.82, 2.24) is 0 Å². The highest BCUT2D eigenvalue weighted by atomic mass is 16.8. The lowest BCUT2D eigenvalue weighted by Gasteiger charge is -2.73. The first-order valence-electron chi connectivity index (χ1n) is 20.4. The molecule has 2 heterocycles. The molecule has 21 unspecified atom stereocenters. The van der Waals surface area contributed by atoms with Crippen LogP contribution in [0.4, 0.5) is 0 Å². The molecule has 310 valence electrons. The van der Waals surface area contributed by atoms with Crippen molar-refractivity contribution in [2.45, 2.75) is 186 Å². The third kappa shape index (κ3) is 5.79. The van der Waals surface area contributed by atoms with E-state index in [0.29, 0.717) is 32.1 Å². The maximum Gasteiger partial charge on any atom is 0.187 e. The van der Waals surface area contributed by atoms with Gasteiger partial charge in [-0.15, -0.1) is 0 Å². The van der Waals surface area contributed by atoms with Gasteiger partial charge < -0.3 is 59.8 Å². The van der Waals surface area contributed by atoms with Crippen molar-refractivity contribution >= 4 is 5.78 Å². The van der Waals surface area contributed by atoms with Gasteiger partial charge in [0.05, 0.1) is 36.6 Å². The standard InChI is InChI=1S/C41H68O13/c1-18-28(46)30(48)31(49)34(52-18)54-32-29(47)22(45)17-51-35(32)53-25-12-13-38(6)23-10-11-24-39(7)14-19(42)26(37(4,5)50)27(39)20(43)15-40(24,8)41(23,9)16-21(44)33(38)36(25,2)3/h18-20,22-35,42-43,45-50H,10-17H2,1-9H3. The number of fused-ring (bicyclic) bond motifs is 7. The van der Waals surface area contributed by atoms with E-state index in [1.165, 1.54) is 6.92 Å². The lowest BCUT2D eigenvalue weighted by molar-refractivity contribution is -0.364. The molecule has 2 aliphatic heterocycles. The van der Waals surface area contributed by atoms with Gasteiger partial charge >= 0.3 is 0 Å². The second-order valence-electron chi connectivity index (χ2n) is 20.9. The topological polar surface area (TPSA) is 216 Å². The molecule has 0 aromatic carbocycles. The van der Waals surface area contributed by atoms with Crippen LogP contribution in [0.15, 0.2) is 0 Å². The SMILES string of the molecule is CC1OC(OC2C(OC3CCC4(C)C(C(=O)CC5(C)C4CCC4C6(C)CC(O)C(C(C)(C)O)C6C(O)CC45C)C3(C)C)OCC(O)C2O)C(O)C(O)C1O. The van der Waals surface area contributed by atoms with Crippen LogP contribution in [0.25, 0.3) is 0 Å². The van der Waals surface area contributed by atoms with E-state index in [1.807, 2.05) is 0 Å². The van der Waals surface area contributed by atoms with E-state index in [4.69, 9.17) is 18.9 Å². The van der Waals surface area contributed by atoms with Gasteiger partial charge in [0.1, 0.15) is 42.4 Å². The van der Waals surface area contributed by atoms with E-state index in [1.54, 1.807) is 13.8 Å². The number of ketones is 1. The highest BCUT2D eigenvalue weighted by Crippen LogP contribution is 2.77. The Hall–Kier alpha value is -0.810. The van der Waals surface area contributed by atoms with E-state index in [-0.39, 0.29) is 46.9 Å². The number of aliphatic hydroxyl groups excluding tert-OH is 7. The number of aliphatic hydroxyl groups is 8. The molecule has 2 saturated heterocycles. The van der Waals surface area contributed by atoms with Crippen LogP contribution in [0.3, 0.4) is 0 Å². The molecule has 7 fully saturated rings. The molecule has 7 aliphatic rings. The molecule has 0 radical (unpaired) electrons. The van der Waals surface area contributed by atoms with Crippen molar-refractivity contribution in [3.05, 3.63) is 0 Å². The van der Waals surface area contributed by atoms with Gasteiger partial charge in [0.2, 0.25) is 0 Å². The quantitative estimate of drug-likeness (QED) is 0.187. The maximum atomic E-state index is 14.9. The summed E-state index contributed by atoms with van der Waals surface area (Å²) in [5.41, 5.74) is -3.43. The average Bonchev–Trinajstić information content (AvgIpc) is 3.35. The van der Waals surface area contributed by atoms with Crippen LogP contribution in [0, 0.1) is 56.7 Å². The molecule has 7 rings (SSSR count). The molecule has 0 aromatic rings. The molecule has 13 nitrogen and oxygen atoms in total. The molecule has 8 N–H and O–H groups in total. The van der Waals surface area contributed by atoms with Gasteiger partial charge in [-0.3, -0.25) is 4.79 Å². The number of hydrogen-bond donors (Lipinski definition) is 8. The van der Waals surface area contributed by atoms with Gasteiger partial charge in [-0.25, -0.2) is 0 Å². The third-order valence-corrected chi connectivity index (χ3v) is 17.1. The first-order valence-corrected chi connectivity index (χ1v) is 20.4. The zero-order valence-electron chi connectivity index (χ0n) is 33.6. The second-order valence-corrected chi connectivity index (χ2v) is 20.9. The Morgan fingerprint density at radius 1 is 0.722 bits per heavy atom.